The van der Waals surface area contributed by atoms with Crippen molar-refractivity contribution in [3.63, 3.8) is 0 Å². The van der Waals surface area contributed by atoms with E-state index in [-0.39, 0.29) is 10.8 Å². The first-order valence-electron chi connectivity index (χ1n) is 9.23. The van der Waals surface area contributed by atoms with E-state index in [1.165, 1.54) is 24.3 Å². The van der Waals surface area contributed by atoms with Gasteiger partial charge in [0, 0.05) is 44.5 Å². The zero-order chi connectivity index (χ0) is 20.0. The number of nitrogens with zero attached hydrogens (tertiary/aromatic N) is 3. The highest BCUT2D eigenvalue weighted by Gasteiger charge is 2.17. The summed E-state index contributed by atoms with van der Waals surface area (Å²) in [4.78, 5) is 21.1. The molecule has 1 aliphatic heterocycles. The summed E-state index contributed by atoms with van der Waals surface area (Å²) < 4.78 is 22.5. The molecule has 3 rings (SSSR count). The van der Waals surface area contributed by atoms with Crippen LogP contribution in [0, 0.1) is 0 Å². The van der Waals surface area contributed by atoms with Gasteiger partial charge in [-0.2, -0.15) is 0 Å². The molecule has 0 spiro atoms. The van der Waals surface area contributed by atoms with Crippen molar-refractivity contribution in [3.05, 3.63) is 48.7 Å². The van der Waals surface area contributed by atoms with Crippen LogP contribution in [-0.4, -0.2) is 56.9 Å². The number of carbonyl (C=O) groups is 1. The molecule has 1 aromatic carbocycles. The number of carbonyl (C=O) groups excluding carboxylic acids is 1. The van der Waals surface area contributed by atoms with Crippen molar-refractivity contribution < 1.29 is 13.2 Å². The molecule has 1 aromatic heterocycles. The zero-order valence-corrected chi connectivity index (χ0v) is 16.4. The second-order valence-electron chi connectivity index (χ2n) is 6.74. The number of aromatic nitrogens is 1. The van der Waals surface area contributed by atoms with Crippen molar-refractivity contribution in [1.29, 1.82) is 0 Å². The number of sulfonamides is 1. The van der Waals surface area contributed by atoms with E-state index in [0.717, 1.165) is 45.0 Å². The Hall–Kier alpha value is -2.49. The number of benzene rings is 1. The number of anilines is 2. The minimum absolute atomic E-state index is 0.0235. The third kappa shape index (κ3) is 5.75. The first kappa shape index (κ1) is 20.2. The molecule has 8 nitrogen and oxygen atoms in total. The minimum Gasteiger partial charge on any atom is -0.354 e. The van der Waals surface area contributed by atoms with Gasteiger partial charge in [-0.15, -0.1) is 0 Å². The molecule has 0 saturated carbocycles. The number of nitrogens with two attached hydrogens (primary N) is 1. The summed E-state index contributed by atoms with van der Waals surface area (Å²) in [5.41, 5.74) is 0.557. The predicted molar refractivity (Wildman–Crippen MR) is 109 cm³/mol. The summed E-state index contributed by atoms with van der Waals surface area (Å²) in [6, 6.07) is 11.8. The third-order valence-electron chi connectivity index (χ3n) is 4.69. The van der Waals surface area contributed by atoms with Gasteiger partial charge in [-0.1, -0.05) is 6.07 Å². The Bertz CT molecular complexity index is 880. The van der Waals surface area contributed by atoms with Crippen molar-refractivity contribution in [2.75, 3.05) is 42.9 Å². The molecule has 0 aliphatic carbocycles. The van der Waals surface area contributed by atoms with E-state index in [9.17, 15) is 13.2 Å². The Kier molecular flexibility index (Phi) is 6.61. The molecule has 0 radical (unpaired) electrons. The lowest BCUT2D eigenvalue weighted by Crippen LogP contribution is -2.47. The van der Waals surface area contributed by atoms with E-state index in [1.807, 2.05) is 24.4 Å². The van der Waals surface area contributed by atoms with Crippen molar-refractivity contribution in [1.82, 2.24) is 9.88 Å². The maximum absolute atomic E-state index is 12.1. The molecule has 1 saturated heterocycles. The van der Waals surface area contributed by atoms with Gasteiger partial charge in [0.05, 0.1) is 4.90 Å². The summed E-state index contributed by atoms with van der Waals surface area (Å²) in [5, 5.41) is 7.84. The number of pyridine rings is 1. The smallest absolute Gasteiger partial charge is 0.238 e. The lowest BCUT2D eigenvalue weighted by atomic mass is 10.2. The number of piperazine rings is 1. The van der Waals surface area contributed by atoms with Gasteiger partial charge >= 0.3 is 0 Å². The van der Waals surface area contributed by atoms with Crippen LogP contribution in [0.2, 0.25) is 0 Å². The van der Waals surface area contributed by atoms with Gasteiger partial charge in [0.2, 0.25) is 15.9 Å². The van der Waals surface area contributed by atoms with Crippen LogP contribution < -0.4 is 15.4 Å². The minimum atomic E-state index is -3.72. The average Bonchev–Trinajstić information content (AvgIpc) is 2.69. The fourth-order valence-corrected chi connectivity index (χ4v) is 3.67. The SMILES string of the molecule is NS(=O)(=O)c1ccc(NC(=O)CCCN2CCN(c3ccccn3)CC2)cc1. The maximum Gasteiger partial charge on any atom is 0.238 e. The van der Waals surface area contributed by atoms with Crippen LogP contribution in [0.3, 0.4) is 0 Å². The Morgan fingerprint density at radius 2 is 1.79 bits per heavy atom. The number of hydrogen-bond donors (Lipinski definition) is 2. The van der Waals surface area contributed by atoms with Crippen molar-refractivity contribution in [2.24, 2.45) is 5.14 Å². The maximum atomic E-state index is 12.1. The summed E-state index contributed by atoms with van der Waals surface area (Å²) in [6.07, 6.45) is 2.99. The standard InChI is InChI=1S/C19H25N5O3S/c20-28(26,27)17-8-6-16(7-9-17)22-19(25)5-3-11-23-12-14-24(15-13-23)18-4-1-2-10-21-18/h1-2,4,6-10H,3,5,11-15H2,(H,22,25)(H2,20,26,27). The molecular weight excluding hydrogens is 378 g/mol. The van der Waals surface area contributed by atoms with Gasteiger partial charge in [0.1, 0.15) is 5.82 Å². The number of primary sulfonamides is 1. The molecule has 9 heteroatoms. The fraction of sp³-hybridized carbons (Fsp3) is 0.368. The summed E-state index contributed by atoms with van der Waals surface area (Å²) in [7, 11) is -3.72. The molecule has 1 amide bonds. The molecule has 0 bridgehead atoms. The first-order valence-corrected chi connectivity index (χ1v) is 10.8. The van der Waals surface area contributed by atoms with E-state index < -0.39 is 10.0 Å². The van der Waals surface area contributed by atoms with E-state index in [2.05, 4.69) is 20.1 Å². The molecule has 2 aromatic rings. The van der Waals surface area contributed by atoms with E-state index >= 15 is 0 Å². The van der Waals surface area contributed by atoms with Gasteiger partial charge < -0.3 is 10.2 Å². The number of rotatable bonds is 7. The van der Waals surface area contributed by atoms with Crippen LogP contribution in [0.25, 0.3) is 0 Å². The normalized spacial score (nSPS) is 15.4. The Morgan fingerprint density at radius 3 is 2.39 bits per heavy atom. The highest BCUT2D eigenvalue weighted by molar-refractivity contribution is 7.89. The lowest BCUT2D eigenvalue weighted by Gasteiger charge is -2.35. The number of amides is 1. The predicted octanol–water partition coefficient (Wildman–Crippen LogP) is 1.27. The highest BCUT2D eigenvalue weighted by atomic mass is 32.2. The summed E-state index contributed by atoms with van der Waals surface area (Å²) in [5.74, 6) is 0.922. The van der Waals surface area contributed by atoms with Crippen molar-refractivity contribution in [2.45, 2.75) is 17.7 Å². The summed E-state index contributed by atoms with van der Waals surface area (Å²) in [6.45, 7) is 4.63. The van der Waals surface area contributed by atoms with Crippen LogP contribution in [0.15, 0.2) is 53.6 Å². The van der Waals surface area contributed by atoms with E-state index in [0.29, 0.717) is 12.1 Å². The fourth-order valence-electron chi connectivity index (χ4n) is 3.16. The average molecular weight is 404 g/mol. The lowest BCUT2D eigenvalue weighted by molar-refractivity contribution is -0.116. The van der Waals surface area contributed by atoms with E-state index in [4.69, 9.17) is 5.14 Å². The second-order valence-corrected chi connectivity index (χ2v) is 8.30. The van der Waals surface area contributed by atoms with Crippen LogP contribution in [0.1, 0.15) is 12.8 Å². The van der Waals surface area contributed by atoms with E-state index in [1.54, 1.807) is 0 Å². The molecule has 0 atom stereocenters. The topological polar surface area (TPSA) is 109 Å². The Morgan fingerprint density at radius 1 is 1.07 bits per heavy atom. The van der Waals surface area contributed by atoms with Gasteiger partial charge in [0.15, 0.2) is 0 Å². The molecule has 2 heterocycles. The van der Waals surface area contributed by atoms with Crippen LogP contribution >= 0.6 is 0 Å². The molecule has 28 heavy (non-hydrogen) atoms. The molecule has 1 fully saturated rings. The number of nitrogens with one attached hydrogen (secondary N) is 1. The van der Waals surface area contributed by atoms with Crippen LogP contribution in [0.5, 0.6) is 0 Å². The zero-order valence-electron chi connectivity index (χ0n) is 15.6. The highest BCUT2D eigenvalue weighted by Crippen LogP contribution is 2.14. The van der Waals surface area contributed by atoms with Crippen molar-refractivity contribution in [3.8, 4) is 0 Å². The van der Waals surface area contributed by atoms with Gasteiger partial charge in [-0.3, -0.25) is 9.69 Å². The van der Waals surface area contributed by atoms with Crippen LogP contribution in [0.4, 0.5) is 11.5 Å². The third-order valence-corrected chi connectivity index (χ3v) is 5.62. The second kappa shape index (κ2) is 9.13. The summed E-state index contributed by atoms with van der Waals surface area (Å²) >= 11 is 0. The Balaban J connectivity index is 1.37. The van der Waals surface area contributed by atoms with Gasteiger partial charge in [-0.05, 0) is 49.4 Å². The first-order chi connectivity index (χ1) is 13.4. The molecule has 3 N–H and O–H groups in total. The van der Waals surface area contributed by atoms with Gasteiger partial charge in [0.25, 0.3) is 0 Å². The quantitative estimate of drug-likeness (QED) is 0.721. The molecule has 150 valence electrons. The van der Waals surface area contributed by atoms with Gasteiger partial charge in [-0.25, -0.2) is 18.5 Å². The number of hydrogen-bond acceptors (Lipinski definition) is 6. The largest absolute Gasteiger partial charge is 0.354 e. The van der Waals surface area contributed by atoms with Crippen molar-refractivity contribution >= 4 is 27.4 Å². The van der Waals surface area contributed by atoms with Crippen LogP contribution in [-0.2, 0) is 14.8 Å². The molecule has 0 unspecified atom stereocenters. The Labute approximate surface area is 165 Å². The monoisotopic (exact) mass is 403 g/mol. The molecule has 1 aliphatic rings. The molecular formula is C19H25N5O3S.